The van der Waals surface area contributed by atoms with Crippen molar-refractivity contribution in [2.75, 3.05) is 0 Å². The topological polar surface area (TPSA) is 68.7 Å². The van der Waals surface area contributed by atoms with Crippen LogP contribution >= 0.6 is 11.6 Å². The summed E-state index contributed by atoms with van der Waals surface area (Å²) in [6.07, 6.45) is 0. The highest BCUT2D eigenvalue weighted by Gasteiger charge is 2.26. The second-order valence-electron chi connectivity index (χ2n) is 5.23. The highest BCUT2D eigenvalue weighted by molar-refractivity contribution is 6.32. The van der Waals surface area contributed by atoms with Crippen LogP contribution in [0.1, 0.15) is 21.5 Å². The smallest absolute Gasteiger partial charge is 0.252 e. The maximum absolute atomic E-state index is 12.1. The molecule has 2 N–H and O–H groups in total. The van der Waals surface area contributed by atoms with Gasteiger partial charge in [0.1, 0.15) is 0 Å². The summed E-state index contributed by atoms with van der Waals surface area (Å²) >= 11 is 6.17. The number of nitrogens with one attached hydrogen (secondary N) is 2. The lowest BCUT2D eigenvalue weighted by molar-refractivity contribution is 0.0966. The van der Waals surface area contributed by atoms with E-state index >= 15 is 0 Å². The number of benzene rings is 2. The van der Waals surface area contributed by atoms with Crippen LogP contribution in [0.25, 0.3) is 22.2 Å². The minimum Gasteiger partial charge on any atom is -0.355 e. The van der Waals surface area contributed by atoms with E-state index < -0.39 is 0 Å². The van der Waals surface area contributed by atoms with Gasteiger partial charge >= 0.3 is 0 Å². The van der Waals surface area contributed by atoms with Crippen molar-refractivity contribution in [3.63, 3.8) is 0 Å². The third kappa shape index (κ3) is 1.80. The minimum absolute atomic E-state index is 0.108. The van der Waals surface area contributed by atoms with E-state index in [0.29, 0.717) is 22.7 Å². The average molecular weight is 308 g/mol. The third-order valence-corrected chi connectivity index (χ3v) is 4.30. The maximum atomic E-state index is 12.1. The van der Waals surface area contributed by atoms with Gasteiger partial charge in [0, 0.05) is 39.3 Å². The van der Waals surface area contributed by atoms with Crippen LogP contribution in [0.5, 0.6) is 0 Å². The molecule has 0 aliphatic carbocycles. The zero-order valence-corrected chi connectivity index (χ0v) is 12.2. The normalized spacial score (nSPS) is 13.0. The molecule has 3 aromatic rings. The molecule has 1 aliphatic rings. The van der Waals surface area contributed by atoms with Crippen LogP contribution in [0.2, 0.25) is 5.02 Å². The number of amides is 1. The largest absolute Gasteiger partial charge is 0.355 e. The Bertz CT molecular complexity index is 981. The van der Waals surface area contributed by atoms with Crippen molar-refractivity contribution in [1.82, 2.24) is 10.3 Å². The van der Waals surface area contributed by atoms with Crippen molar-refractivity contribution in [3.05, 3.63) is 58.1 Å². The number of hydrogen-bond donors (Lipinski definition) is 2. The van der Waals surface area contributed by atoms with E-state index in [0.717, 1.165) is 27.7 Å². The van der Waals surface area contributed by atoms with Crippen LogP contribution in [-0.4, -0.2) is 10.9 Å². The Balaban J connectivity index is 1.95. The van der Waals surface area contributed by atoms with Crippen molar-refractivity contribution < 1.29 is 4.79 Å². The lowest BCUT2D eigenvalue weighted by Crippen LogP contribution is -2.13. The molecule has 0 bridgehead atoms. The summed E-state index contributed by atoms with van der Waals surface area (Å²) in [7, 11) is 0. The van der Waals surface area contributed by atoms with E-state index in [1.165, 1.54) is 0 Å². The van der Waals surface area contributed by atoms with Gasteiger partial charge in [-0.05, 0) is 30.3 Å². The maximum Gasteiger partial charge on any atom is 0.252 e. The van der Waals surface area contributed by atoms with E-state index in [1.807, 2.05) is 30.3 Å². The summed E-state index contributed by atoms with van der Waals surface area (Å²) < 4.78 is 0. The zero-order chi connectivity index (χ0) is 15.3. The molecule has 0 atom stereocenters. The Kier molecular flexibility index (Phi) is 2.72. The molecule has 4 nitrogen and oxygen atoms in total. The molecule has 0 radical (unpaired) electrons. The molecular formula is C17H10ClN3O. The van der Waals surface area contributed by atoms with E-state index in [2.05, 4.69) is 16.4 Å². The van der Waals surface area contributed by atoms with Crippen LogP contribution in [0, 0.1) is 11.3 Å². The van der Waals surface area contributed by atoms with E-state index in [-0.39, 0.29) is 5.91 Å². The number of nitrogens with zero attached hydrogens (tertiary/aromatic N) is 1. The number of fused-ring (bicyclic) bond motifs is 2. The summed E-state index contributed by atoms with van der Waals surface area (Å²) in [5.41, 5.74) is 4.66. The number of H-pyrrole nitrogens is 1. The van der Waals surface area contributed by atoms with Crippen molar-refractivity contribution in [1.29, 1.82) is 5.26 Å². The van der Waals surface area contributed by atoms with Gasteiger partial charge in [-0.2, -0.15) is 5.26 Å². The number of nitriles is 1. The molecule has 4 rings (SSSR count). The Morgan fingerprint density at radius 3 is 2.86 bits per heavy atom. The average Bonchev–Trinajstić information content (AvgIpc) is 3.11. The van der Waals surface area contributed by atoms with E-state index in [4.69, 9.17) is 16.9 Å². The molecule has 1 aliphatic heterocycles. The van der Waals surface area contributed by atoms with Gasteiger partial charge in [0.2, 0.25) is 0 Å². The highest BCUT2D eigenvalue weighted by atomic mass is 35.5. The molecule has 106 valence electrons. The number of hydrogen-bond acceptors (Lipinski definition) is 2. The standard InChI is InChI=1S/C17H10ClN3O/c18-13-3-2-11(16-12(13)8-20-17(16)22)15-6-10-5-9(7-19)1-4-14(10)21-15/h1-6,21H,8H2,(H,20,22). The van der Waals surface area contributed by atoms with Gasteiger partial charge in [-0.15, -0.1) is 0 Å². The highest BCUT2D eigenvalue weighted by Crippen LogP contribution is 2.34. The number of rotatable bonds is 1. The van der Waals surface area contributed by atoms with Crippen LogP contribution in [0.3, 0.4) is 0 Å². The SMILES string of the molecule is N#Cc1ccc2[nH]c(-c3ccc(Cl)c4c3C(=O)NC4)cc2c1. The molecule has 5 heteroatoms. The second kappa shape index (κ2) is 4.62. The Morgan fingerprint density at radius 2 is 2.05 bits per heavy atom. The fourth-order valence-electron chi connectivity index (χ4n) is 2.88. The van der Waals surface area contributed by atoms with Crippen molar-refractivity contribution in [3.8, 4) is 17.3 Å². The first-order valence-electron chi connectivity index (χ1n) is 6.80. The van der Waals surface area contributed by atoms with E-state index in [9.17, 15) is 4.79 Å². The predicted octanol–water partition coefficient (Wildman–Crippen LogP) is 3.60. The van der Waals surface area contributed by atoms with Gasteiger partial charge in [-0.1, -0.05) is 17.7 Å². The fourth-order valence-corrected chi connectivity index (χ4v) is 3.11. The lowest BCUT2D eigenvalue weighted by Gasteiger charge is -2.06. The molecule has 1 amide bonds. The first kappa shape index (κ1) is 12.9. The number of carbonyl (C=O) groups excluding carboxylic acids is 1. The van der Waals surface area contributed by atoms with Crippen molar-refractivity contribution >= 4 is 28.4 Å². The third-order valence-electron chi connectivity index (χ3n) is 3.95. The van der Waals surface area contributed by atoms with Gasteiger partial charge in [-0.3, -0.25) is 4.79 Å². The summed E-state index contributed by atoms with van der Waals surface area (Å²) in [4.78, 5) is 15.4. The summed E-state index contributed by atoms with van der Waals surface area (Å²) in [5.74, 6) is -0.108. The van der Waals surface area contributed by atoms with Crippen LogP contribution < -0.4 is 5.32 Å². The van der Waals surface area contributed by atoms with Crippen molar-refractivity contribution in [2.45, 2.75) is 6.54 Å². The van der Waals surface area contributed by atoms with Crippen LogP contribution in [-0.2, 0) is 6.54 Å². The molecule has 0 saturated carbocycles. The summed E-state index contributed by atoms with van der Waals surface area (Å²) in [5, 5.41) is 13.3. The number of aromatic nitrogens is 1. The minimum atomic E-state index is -0.108. The zero-order valence-electron chi connectivity index (χ0n) is 11.4. The first-order chi connectivity index (χ1) is 10.7. The first-order valence-corrected chi connectivity index (χ1v) is 7.18. The molecular weight excluding hydrogens is 298 g/mol. The Hall–Kier alpha value is -2.77. The summed E-state index contributed by atoms with van der Waals surface area (Å²) in [6, 6.07) is 13.2. The van der Waals surface area contributed by atoms with Gasteiger partial charge in [-0.25, -0.2) is 0 Å². The number of halogens is 1. The van der Waals surface area contributed by atoms with Gasteiger partial charge in [0.25, 0.3) is 5.91 Å². The lowest BCUT2D eigenvalue weighted by atomic mass is 10.0. The second-order valence-corrected chi connectivity index (χ2v) is 5.64. The van der Waals surface area contributed by atoms with E-state index in [1.54, 1.807) is 6.07 Å². The Morgan fingerprint density at radius 1 is 1.18 bits per heavy atom. The van der Waals surface area contributed by atoms with Gasteiger partial charge in [0.05, 0.1) is 17.2 Å². The molecule has 2 aromatic carbocycles. The number of aromatic amines is 1. The van der Waals surface area contributed by atoms with Crippen LogP contribution in [0.15, 0.2) is 36.4 Å². The molecule has 0 spiro atoms. The molecule has 0 saturated heterocycles. The van der Waals surface area contributed by atoms with Crippen LogP contribution in [0.4, 0.5) is 0 Å². The molecule has 1 aromatic heterocycles. The fraction of sp³-hybridized carbons (Fsp3) is 0.0588. The van der Waals surface area contributed by atoms with Gasteiger partial charge < -0.3 is 10.3 Å². The summed E-state index contributed by atoms with van der Waals surface area (Å²) in [6.45, 7) is 0.458. The quantitative estimate of drug-likeness (QED) is 0.721. The Labute approximate surface area is 131 Å². The monoisotopic (exact) mass is 307 g/mol. The van der Waals surface area contributed by atoms with Gasteiger partial charge in [0.15, 0.2) is 0 Å². The number of carbonyl (C=O) groups is 1. The van der Waals surface area contributed by atoms with Crippen molar-refractivity contribution in [2.24, 2.45) is 0 Å². The molecule has 0 fully saturated rings. The molecule has 0 unspecified atom stereocenters. The molecule has 2 heterocycles. The molecule has 22 heavy (non-hydrogen) atoms. The predicted molar refractivity (Wildman–Crippen MR) is 84.6 cm³/mol.